The highest BCUT2D eigenvalue weighted by Crippen LogP contribution is 2.15. The molecule has 0 aromatic carbocycles. The van der Waals surface area contributed by atoms with E-state index >= 15 is 0 Å². The standard InChI is InChI=1S/C7H15N3O4/c1-7(2,5-14-10(12)13)6(11)9-4-3-8/h3-5,8H2,1-2H3,(H,9,11). The summed E-state index contributed by atoms with van der Waals surface area (Å²) in [5.74, 6) is -0.315. The Morgan fingerprint density at radius 2 is 2.21 bits per heavy atom. The molecule has 0 aliphatic carbocycles. The van der Waals surface area contributed by atoms with Gasteiger partial charge < -0.3 is 15.9 Å². The van der Waals surface area contributed by atoms with Crippen LogP contribution < -0.4 is 11.1 Å². The molecule has 0 atom stereocenters. The van der Waals surface area contributed by atoms with E-state index in [-0.39, 0.29) is 12.5 Å². The summed E-state index contributed by atoms with van der Waals surface area (Å²) in [6.07, 6.45) is 0. The summed E-state index contributed by atoms with van der Waals surface area (Å²) in [5, 5.41) is 11.5. The van der Waals surface area contributed by atoms with Gasteiger partial charge in [0.2, 0.25) is 5.91 Å². The van der Waals surface area contributed by atoms with E-state index in [4.69, 9.17) is 5.73 Å². The van der Waals surface area contributed by atoms with Gasteiger partial charge in [-0.15, -0.1) is 10.1 Å². The highest BCUT2D eigenvalue weighted by Gasteiger charge is 2.28. The summed E-state index contributed by atoms with van der Waals surface area (Å²) in [5.41, 5.74) is 4.26. The fraction of sp³-hybridized carbons (Fsp3) is 0.857. The number of nitrogens with zero attached hydrogens (tertiary/aromatic N) is 1. The first-order valence-corrected chi connectivity index (χ1v) is 4.16. The normalized spacial score (nSPS) is 10.8. The molecule has 0 heterocycles. The van der Waals surface area contributed by atoms with Gasteiger partial charge >= 0.3 is 0 Å². The number of nitrogens with one attached hydrogen (secondary N) is 1. The van der Waals surface area contributed by atoms with E-state index in [1.807, 2.05) is 0 Å². The van der Waals surface area contributed by atoms with Crippen LogP contribution in [0, 0.1) is 15.5 Å². The molecule has 7 heteroatoms. The zero-order chi connectivity index (χ0) is 11.2. The molecular weight excluding hydrogens is 190 g/mol. The van der Waals surface area contributed by atoms with Crippen LogP contribution in [0.2, 0.25) is 0 Å². The topological polar surface area (TPSA) is 107 Å². The van der Waals surface area contributed by atoms with E-state index in [2.05, 4.69) is 10.2 Å². The van der Waals surface area contributed by atoms with Gasteiger partial charge in [0.05, 0.1) is 5.41 Å². The van der Waals surface area contributed by atoms with Crippen LogP contribution >= 0.6 is 0 Å². The summed E-state index contributed by atoms with van der Waals surface area (Å²) in [7, 11) is 0. The van der Waals surface area contributed by atoms with E-state index in [0.717, 1.165) is 0 Å². The summed E-state index contributed by atoms with van der Waals surface area (Å²) >= 11 is 0. The zero-order valence-corrected chi connectivity index (χ0v) is 8.28. The van der Waals surface area contributed by atoms with Gasteiger partial charge in [-0.05, 0) is 13.8 Å². The summed E-state index contributed by atoms with van der Waals surface area (Å²) in [4.78, 5) is 25.4. The lowest BCUT2D eigenvalue weighted by molar-refractivity contribution is -0.760. The van der Waals surface area contributed by atoms with E-state index in [0.29, 0.717) is 13.1 Å². The fourth-order valence-electron chi connectivity index (χ4n) is 0.705. The molecule has 1 amide bonds. The molecule has 0 aliphatic rings. The monoisotopic (exact) mass is 205 g/mol. The Kier molecular flexibility index (Phi) is 4.85. The third-order valence-electron chi connectivity index (χ3n) is 1.58. The molecule has 0 aliphatic heterocycles. The maximum Gasteiger partial charge on any atom is 0.294 e. The van der Waals surface area contributed by atoms with Crippen LogP contribution in [0.5, 0.6) is 0 Å². The van der Waals surface area contributed by atoms with Crippen molar-refractivity contribution in [2.24, 2.45) is 11.1 Å². The lowest BCUT2D eigenvalue weighted by Crippen LogP contribution is -2.42. The summed E-state index contributed by atoms with van der Waals surface area (Å²) in [6.45, 7) is 3.53. The fourth-order valence-corrected chi connectivity index (χ4v) is 0.705. The largest absolute Gasteiger partial charge is 0.354 e. The number of rotatable bonds is 6. The molecular formula is C7H15N3O4. The minimum Gasteiger partial charge on any atom is -0.354 e. The number of amides is 1. The number of hydrogen-bond donors (Lipinski definition) is 2. The molecule has 0 fully saturated rings. The van der Waals surface area contributed by atoms with Crippen LogP contribution in [-0.2, 0) is 9.63 Å². The van der Waals surface area contributed by atoms with Gasteiger partial charge in [0.1, 0.15) is 6.61 Å². The molecule has 3 N–H and O–H groups in total. The van der Waals surface area contributed by atoms with Gasteiger partial charge in [0, 0.05) is 13.1 Å². The van der Waals surface area contributed by atoms with Crippen molar-refractivity contribution in [3.63, 3.8) is 0 Å². The highest BCUT2D eigenvalue weighted by atomic mass is 16.9. The van der Waals surface area contributed by atoms with Crippen molar-refractivity contribution in [2.45, 2.75) is 13.8 Å². The summed E-state index contributed by atoms with van der Waals surface area (Å²) < 4.78 is 0. The number of nitrogens with two attached hydrogens (primary N) is 1. The van der Waals surface area contributed by atoms with Crippen LogP contribution in [0.4, 0.5) is 0 Å². The SMILES string of the molecule is CC(C)(CO[N+](=O)[O-])C(=O)NCCN. The summed E-state index contributed by atoms with van der Waals surface area (Å²) in [6, 6.07) is 0. The lowest BCUT2D eigenvalue weighted by Gasteiger charge is -2.21. The van der Waals surface area contributed by atoms with Crippen molar-refractivity contribution in [3.8, 4) is 0 Å². The first-order valence-electron chi connectivity index (χ1n) is 4.16. The second-order valence-corrected chi connectivity index (χ2v) is 3.43. The highest BCUT2D eigenvalue weighted by molar-refractivity contribution is 5.81. The van der Waals surface area contributed by atoms with Crippen molar-refractivity contribution in [1.82, 2.24) is 5.32 Å². The molecule has 0 aromatic rings. The van der Waals surface area contributed by atoms with Crippen molar-refractivity contribution in [3.05, 3.63) is 10.1 Å². The van der Waals surface area contributed by atoms with E-state index < -0.39 is 10.5 Å². The lowest BCUT2D eigenvalue weighted by atomic mass is 9.94. The van der Waals surface area contributed by atoms with Gasteiger partial charge in [-0.25, -0.2) is 0 Å². The van der Waals surface area contributed by atoms with E-state index in [1.54, 1.807) is 13.8 Å². The molecule has 0 rings (SSSR count). The Hall–Kier alpha value is -1.37. The predicted octanol–water partition coefficient (Wildman–Crippen LogP) is -0.704. The molecule has 0 spiro atoms. The number of carbonyl (C=O) groups is 1. The van der Waals surface area contributed by atoms with E-state index in [9.17, 15) is 14.9 Å². The minimum atomic E-state index is -0.928. The van der Waals surface area contributed by atoms with Gasteiger partial charge in [-0.1, -0.05) is 0 Å². The molecule has 0 unspecified atom stereocenters. The first-order chi connectivity index (χ1) is 6.40. The Morgan fingerprint density at radius 1 is 1.64 bits per heavy atom. The second-order valence-electron chi connectivity index (χ2n) is 3.43. The average Bonchev–Trinajstić information content (AvgIpc) is 2.11. The van der Waals surface area contributed by atoms with Crippen LogP contribution in [0.25, 0.3) is 0 Å². The minimum absolute atomic E-state index is 0.267. The Labute approximate surface area is 81.7 Å². The molecule has 82 valence electrons. The molecule has 0 radical (unpaired) electrons. The van der Waals surface area contributed by atoms with Crippen LogP contribution in [0.1, 0.15) is 13.8 Å². The van der Waals surface area contributed by atoms with Crippen LogP contribution in [0.15, 0.2) is 0 Å². The number of carbonyl (C=O) groups excluding carboxylic acids is 1. The van der Waals surface area contributed by atoms with Crippen LogP contribution in [0.3, 0.4) is 0 Å². The third kappa shape index (κ3) is 4.61. The predicted molar refractivity (Wildman–Crippen MR) is 48.8 cm³/mol. The Bertz CT molecular complexity index is 217. The van der Waals surface area contributed by atoms with Gasteiger partial charge in [-0.3, -0.25) is 4.79 Å². The van der Waals surface area contributed by atoms with E-state index in [1.165, 1.54) is 0 Å². The van der Waals surface area contributed by atoms with Crippen molar-refractivity contribution in [1.29, 1.82) is 0 Å². The number of hydrogen-bond acceptors (Lipinski definition) is 5. The smallest absolute Gasteiger partial charge is 0.294 e. The molecule has 0 bridgehead atoms. The van der Waals surface area contributed by atoms with Crippen molar-refractivity contribution >= 4 is 5.91 Å². The molecule has 0 saturated carbocycles. The Morgan fingerprint density at radius 3 is 2.64 bits per heavy atom. The maximum atomic E-state index is 11.4. The van der Waals surface area contributed by atoms with Crippen molar-refractivity contribution in [2.75, 3.05) is 19.7 Å². The average molecular weight is 205 g/mol. The van der Waals surface area contributed by atoms with Crippen LogP contribution in [-0.4, -0.2) is 30.7 Å². The Balaban J connectivity index is 4.02. The molecule has 14 heavy (non-hydrogen) atoms. The van der Waals surface area contributed by atoms with Gasteiger partial charge in [0.15, 0.2) is 0 Å². The molecule has 0 saturated heterocycles. The third-order valence-corrected chi connectivity index (χ3v) is 1.58. The molecule has 0 aromatic heterocycles. The first kappa shape index (κ1) is 12.6. The molecule has 7 nitrogen and oxygen atoms in total. The van der Waals surface area contributed by atoms with Crippen molar-refractivity contribution < 1.29 is 14.7 Å². The maximum absolute atomic E-state index is 11.4. The van der Waals surface area contributed by atoms with Gasteiger partial charge in [-0.2, -0.15) is 0 Å². The quantitative estimate of drug-likeness (QED) is 0.440. The second kappa shape index (κ2) is 5.38. The van der Waals surface area contributed by atoms with Gasteiger partial charge in [0.25, 0.3) is 5.09 Å². The zero-order valence-electron chi connectivity index (χ0n) is 8.28.